The molecule has 0 aliphatic heterocycles. The van der Waals surface area contributed by atoms with Gasteiger partial charge in [0.2, 0.25) is 0 Å². The molecule has 0 aromatic heterocycles. The first-order valence-corrected chi connectivity index (χ1v) is 9.03. The van der Waals surface area contributed by atoms with Crippen molar-refractivity contribution in [3.05, 3.63) is 58.6 Å². The number of ether oxygens (including phenoxy) is 2. The van der Waals surface area contributed by atoms with Crippen LogP contribution in [0, 0.1) is 11.8 Å². The van der Waals surface area contributed by atoms with E-state index in [0.29, 0.717) is 22.1 Å². The highest BCUT2D eigenvalue weighted by Gasteiger charge is 2.17. The van der Waals surface area contributed by atoms with E-state index in [9.17, 15) is 9.90 Å². The topological polar surface area (TPSA) is 77.0 Å². The van der Waals surface area contributed by atoms with E-state index in [1.54, 1.807) is 42.5 Å². The molecule has 2 rings (SSSR count). The molecule has 2 aromatic carbocycles. The highest BCUT2D eigenvalue weighted by molar-refractivity contribution is 6.30. The fourth-order valence-corrected chi connectivity index (χ4v) is 2.38. The molecule has 0 saturated carbocycles. The van der Waals surface area contributed by atoms with Crippen molar-refractivity contribution in [1.29, 1.82) is 0 Å². The van der Waals surface area contributed by atoms with Crippen LogP contribution in [-0.2, 0) is 16.2 Å². The summed E-state index contributed by atoms with van der Waals surface area (Å²) in [7, 11) is 1.54. The van der Waals surface area contributed by atoms with E-state index in [2.05, 4.69) is 17.3 Å². The maximum absolute atomic E-state index is 12.0. The molecule has 0 spiro atoms. The van der Waals surface area contributed by atoms with E-state index >= 15 is 0 Å². The zero-order valence-corrected chi connectivity index (χ0v) is 16.5. The van der Waals surface area contributed by atoms with Crippen molar-refractivity contribution in [2.24, 2.45) is 0 Å². The van der Waals surface area contributed by atoms with Crippen LogP contribution in [0.1, 0.15) is 30.6 Å². The molecule has 2 aromatic rings. The molecule has 0 aliphatic rings. The van der Waals surface area contributed by atoms with Gasteiger partial charge in [-0.3, -0.25) is 9.63 Å². The lowest BCUT2D eigenvalue weighted by Gasteiger charge is -2.13. The number of halogens is 1. The molecule has 148 valence electrons. The summed E-state index contributed by atoms with van der Waals surface area (Å²) in [6, 6.07) is 11.6. The summed E-state index contributed by atoms with van der Waals surface area (Å²) >= 11 is 5.79. The predicted molar refractivity (Wildman–Crippen MR) is 106 cm³/mol. The Kier molecular flexibility index (Phi) is 8.63. The van der Waals surface area contributed by atoms with Crippen molar-refractivity contribution >= 4 is 17.5 Å². The van der Waals surface area contributed by atoms with Gasteiger partial charge in [0.1, 0.15) is 6.61 Å². The largest absolute Gasteiger partial charge is 0.493 e. The fourth-order valence-electron chi connectivity index (χ4n) is 2.25. The zero-order chi connectivity index (χ0) is 20.4. The summed E-state index contributed by atoms with van der Waals surface area (Å²) in [4.78, 5) is 17.2. The van der Waals surface area contributed by atoms with E-state index in [-0.39, 0.29) is 13.2 Å². The molecule has 1 unspecified atom stereocenters. The molecule has 28 heavy (non-hydrogen) atoms. The molecule has 0 heterocycles. The molecule has 0 radical (unpaired) electrons. The van der Waals surface area contributed by atoms with Crippen LogP contribution in [0.2, 0.25) is 5.02 Å². The van der Waals surface area contributed by atoms with Crippen molar-refractivity contribution in [3.8, 4) is 23.3 Å². The van der Waals surface area contributed by atoms with Crippen LogP contribution in [0.4, 0.5) is 0 Å². The van der Waals surface area contributed by atoms with E-state index in [0.717, 1.165) is 12.0 Å². The van der Waals surface area contributed by atoms with Gasteiger partial charge in [0.05, 0.1) is 13.7 Å². The molecular formula is C21H22ClNO5. The summed E-state index contributed by atoms with van der Waals surface area (Å²) in [5, 5.41) is 10.6. The molecule has 0 fully saturated rings. The molecule has 0 bridgehead atoms. The van der Waals surface area contributed by atoms with Gasteiger partial charge in [0.25, 0.3) is 5.91 Å². The van der Waals surface area contributed by atoms with Crippen molar-refractivity contribution in [2.75, 3.05) is 13.7 Å². The van der Waals surface area contributed by atoms with Crippen molar-refractivity contribution in [3.63, 3.8) is 0 Å². The molecule has 2 N–H and O–H groups in total. The van der Waals surface area contributed by atoms with Gasteiger partial charge >= 0.3 is 0 Å². The second kappa shape index (κ2) is 11.2. The normalized spacial score (nSPS) is 11.1. The minimum absolute atomic E-state index is 0.0886. The number of benzene rings is 2. The second-order valence-electron chi connectivity index (χ2n) is 5.69. The molecule has 1 atom stereocenters. The number of hydroxylamine groups is 1. The summed E-state index contributed by atoms with van der Waals surface area (Å²) < 4.78 is 10.9. The first kappa shape index (κ1) is 21.6. The summed E-state index contributed by atoms with van der Waals surface area (Å²) in [5.41, 5.74) is 3.40. The zero-order valence-electron chi connectivity index (χ0n) is 15.7. The van der Waals surface area contributed by atoms with E-state index in [4.69, 9.17) is 25.9 Å². The van der Waals surface area contributed by atoms with Crippen LogP contribution < -0.4 is 15.0 Å². The number of methoxy groups -OCH3 is 1. The average Bonchev–Trinajstić information content (AvgIpc) is 2.71. The molecule has 6 nitrogen and oxygen atoms in total. The third-order valence-corrected chi connectivity index (χ3v) is 3.93. The monoisotopic (exact) mass is 403 g/mol. The number of carbonyl (C=O) groups is 1. The Morgan fingerprint density at radius 2 is 1.93 bits per heavy atom. The first-order chi connectivity index (χ1) is 13.5. The summed E-state index contributed by atoms with van der Waals surface area (Å²) in [5.74, 6) is 6.24. The number of aliphatic hydroxyl groups is 1. The molecule has 7 heteroatoms. The smallest absolute Gasteiger partial charge is 0.276 e. The van der Waals surface area contributed by atoms with Gasteiger partial charge in [-0.2, -0.15) is 0 Å². The van der Waals surface area contributed by atoms with E-state index in [1.165, 1.54) is 7.11 Å². The first-order valence-electron chi connectivity index (χ1n) is 8.65. The Bertz CT molecular complexity index is 842. The minimum Gasteiger partial charge on any atom is -0.493 e. The summed E-state index contributed by atoms with van der Waals surface area (Å²) in [6.07, 6.45) is -0.582. The third kappa shape index (κ3) is 6.46. The lowest BCUT2D eigenvalue weighted by Crippen LogP contribution is -2.29. The number of carbonyl (C=O) groups excluding carboxylic acids is 1. The predicted octanol–water partition coefficient (Wildman–Crippen LogP) is 3.42. The average molecular weight is 404 g/mol. The lowest BCUT2D eigenvalue weighted by atomic mass is 10.1. The lowest BCUT2D eigenvalue weighted by molar-refractivity contribution is -0.143. The minimum atomic E-state index is -1.35. The number of rotatable bonds is 8. The Balaban J connectivity index is 1.87. The van der Waals surface area contributed by atoms with Crippen LogP contribution in [0.5, 0.6) is 11.5 Å². The number of hydrogen-bond donors (Lipinski definition) is 2. The van der Waals surface area contributed by atoms with E-state index in [1.807, 2.05) is 6.92 Å². The van der Waals surface area contributed by atoms with Gasteiger partial charge in [-0.05, 0) is 35.4 Å². The van der Waals surface area contributed by atoms with Gasteiger partial charge in [-0.15, -0.1) is 5.92 Å². The highest BCUT2D eigenvalue weighted by atomic mass is 35.5. The molecule has 1 amide bonds. The van der Waals surface area contributed by atoms with Gasteiger partial charge in [-0.25, -0.2) is 5.48 Å². The number of nitrogens with one attached hydrogen (secondary N) is 1. The van der Waals surface area contributed by atoms with Gasteiger partial charge in [-0.1, -0.05) is 42.6 Å². The van der Waals surface area contributed by atoms with Gasteiger partial charge < -0.3 is 14.6 Å². The molecular weight excluding hydrogens is 382 g/mol. The Labute approximate surface area is 169 Å². The number of hydrogen-bond acceptors (Lipinski definition) is 5. The molecule has 0 saturated heterocycles. The maximum atomic E-state index is 12.0. The van der Waals surface area contributed by atoms with Crippen LogP contribution in [0.15, 0.2) is 42.5 Å². The van der Waals surface area contributed by atoms with Gasteiger partial charge in [0.15, 0.2) is 17.6 Å². The van der Waals surface area contributed by atoms with Crippen molar-refractivity contribution < 1.29 is 24.2 Å². The number of amides is 1. The fraction of sp³-hybridized carbons (Fsp3) is 0.286. The second-order valence-corrected chi connectivity index (χ2v) is 6.13. The maximum Gasteiger partial charge on any atom is 0.276 e. The molecule has 0 aliphatic carbocycles. The number of aliphatic hydroxyl groups excluding tert-OH is 1. The standard InChI is InChI=1S/C21H22ClNO5/c1-3-4-5-12-27-18-11-6-15(13-19(18)26-2)14-28-23-21(25)20(24)16-7-9-17(22)10-8-16/h6-11,13,20,24H,3,12,14H2,1-2H3,(H,23,25). The summed E-state index contributed by atoms with van der Waals surface area (Å²) in [6.45, 7) is 2.33. The Morgan fingerprint density at radius 3 is 2.61 bits per heavy atom. The van der Waals surface area contributed by atoms with Crippen LogP contribution in [0.25, 0.3) is 0 Å². The van der Waals surface area contributed by atoms with Crippen LogP contribution in [-0.4, -0.2) is 24.7 Å². The Hall–Kier alpha value is -2.72. The third-order valence-electron chi connectivity index (χ3n) is 3.68. The van der Waals surface area contributed by atoms with Crippen LogP contribution in [0.3, 0.4) is 0 Å². The Morgan fingerprint density at radius 1 is 1.18 bits per heavy atom. The van der Waals surface area contributed by atoms with Crippen LogP contribution >= 0.6 is 11.6 Å². The quantitative estimate of drug-likeness (QED) is 0.521. The SMILES string of the molecule is CCC#CCOc1ccc(CONC(=O)C(O)c2ccc(Cl)cc2)cc1OC. The highest BCUT2D eigenvalue weighted by Crippen LogP contribution is 2.28. The van der Waals surface area contributed by atoms with Crippen molar-refractivity contribution in [2.45, 2.75) is 26.1 Å². The van der Waals surface area contributed by atoms with E-state index < -0.39 is 12.0 Å². The van der Waals surface area contributed by atoms with Gasteiger partial charge in [0, 0.05) is 11.4 Å². The van der Waals surface area contributed by atoms with Crippen molar-refractivity contribution in [1.82, 2.24) is 5.48 Å².